The van der Waals surface area contributed by atoms with Crippen LogP contribution in [0.2, 0.25) is 0 Å². The predicted molar refractivity (Wildman–Crippen MR) is 166 cm³/mol. The third-order valence-electron chi connectivity index (χ3n) is 7.99. The average molecular weight is 609 g/mol. The van der Waals surface area contributed by atoms with Gasteiger partial charge in [0.25, 0.3) is 11.8 Å². The summed E-state index contributed by atoms with van der Waals surface area (Å²) in [4.78, 5) is 58.5. The Morgan fingerprint density at radius 2 is 1.95 bits per heavy atom. The van der Waals surface area contributed by atoms with E-state index in [2.05, 4.69) is 17.7 Å². The van der Waals surface area contributed by atoms with Gasteiger partial charge >= 0.3 is 5.97 Å². The summed E-state index contributed by atoms with van der Waals surface area (Å²) in [6.07, 6.45) is 4.27. The number of aromatic nitrogens is 1. The first-order chi connectivity index (χ1) is 20.9. The lowest BCUT2D eigenvalue weighted by atomic mass is 9.98. The maximum atomic E-state index is 13.8. The van der Waals surface area contributed by atoms with E-state index in [1.807, 2.05) is 48.4 Å². The molecule has 4 unspecified atom stereocenters. The highest BCUT2D eigenvalue weighted by Gasteiger charge is 2.45. The number of hydrazine groups is 1. The molecule has 1 aromatic heterocycles. The molecule has 12 nitrogen and oxygen atoms in total. The molecule has 3 amide bonds. The number of hydrogen-bond acceptors (Lipinski definition) is 9. The minimum atomic E-state index is -1.45. The van der Waals surface area contributed by atoms with Crippen LogP contribution in [-0.4, -0.2) is 95.7 Å². The number of esters is 1. The van der Waals surface area contributed by atoms with Crippen molar-refractivity contribution in [1.29, 1.82) is 0 Å². The number of amides is 3. The normalized spacial score (nSPS) is 22.6. The summed E-state index contributed by atoms with van der Waals surface area (Å²) in [7, 11) is 1.89. The zero-order valence-corrected chi connectivity index (χ0v) is 26.2. The van der Waals surface area contributed by atoms with Gasteiger partial charge in [-0.2, -0.15) is 0 Å². The van der Waals surface area contributed by atoms with Crippen LogP contribution in [0.4, 0.5) is 0 Å². The van der Waals surface area contributed by atoms with Gasteiger partial charge in [0.1, 0.15) is 12.1 Å². The monoisotopic (exact) mass is 608 g/mol. The first-order valence-corrected chi connectivity index (χ1v) is 15.2. The number of morpholine rings is 1. The second-order valence-electron chi connectivity index (χ2n) is 11.9. The van der Waals surface area contributed by atoms with Gasteiger partial charge in [0.05, 0.1) is 12.1 Å². The van der Waals surface area contributed by atoms with E-state index in [-0.39, 0.29) is 6.54 Å². The van der Waals surface area contributed by atoms with Crippen molar-refractivity contribution in [3.63, 3.8) is 0 Å². The molecule has 0 radical (unpaired) electrons. The van der Waals surface area contributed by atoms with Crippen LogP contribution in [0.1, 0.15) is 51.8 Å². The number of ether oxygens (including phenoxy) is 2. The van der Waals surface area contributed by atoms with Gasteiger partial charge in [-0.05, 0) is 62.9 Å². The zero-order valence-electron chi connectivity index (χ0n) is 26.2. The smallest absolute Gasteiger partial charge is 0.344 e. The number of aryl methyl sites for hydroxylation is 1. The minimum absolute atomic E-state index is 0.233. The maximum absolute atomic E-state index is 13.8. The fourth-order valence-corrected chi connectivity index (χ4v) is 5.36. The van der Waals surface area contributed by atoms with E-state index in [4.69, 9.17) is 20.2 Å². The second kappa shape index (κ2) is 14.3. The highest BCUT2D eigenvalue weighted by Crippen LogP contribution is 2.25. The Labute approximate surface area is 258 Å². The third-order valence-corrected chi connectivity index (χ3v) is 7.99. The SMILES string of the molecule is CCc1ccc2ccc(/C=C/C3(C(=O)OC(C(=O)NC(C)C(=O)N4CCCC(C(N)=O)N4)C(C)C)CN(C)CCO3)cc2n1. The summed E-state index contributed by atoms with van der Waals surface area (Å²) in [6.45, 7) is 8.66. The van der Waals surface area contributed by atoms with Crippen LogP contribution in [0, 0.1) is 5.92 Å². The van der Waals surface area contributed by atoms with E-state index in [0.29, 0.717) is 32.5 Å². The van der Waals surface area contributed by atoms with Crippen molar-refractivity contribution in [2.24, 2.45) is 11.7 Å². The van der Waals surface area contributed by atoms with Crippen LogP contribution >= 0.6 is 0 Å². The number of carbonyl (C=O) groups is 4. The van der Waals surface area contributed by atoms with Crippen LogP contribution in [-0.2, 0) is 35.1 Å². The van der Waals surface area contributed by atoms with Gasteiger partial charge in [0.15, 0.2) is 11.7 Å². The van der Waals surface area contributed by atoms with Crippen LogP contribution in [0.5, 0.6) is 0 Å². The van der Waals surface area contributed by atoms with Crippen molar-refractivity contribution in [2.45, 2.75) is 70.7 Å². The Balaban J connectivity index is 1.49. The molecule has 1 aromatic carbocycles. The highest BCUT2D eigenvalue weighted by molar-refractivity contribution is 5.92. The molecule has 238 valence electrons. The number of nitrogens with zero attached hydrogens (tertiary/aromatic N) is 3. The molecule has 4 rings (SSSR count). The number of rotatable bonds is 10. The standard InChI is InChI=1S/C32H44N6O6/c1-6-24-12-11-23-10-9-22(18-26(23)35-24)13-14-32(19-37(5)16-17-43-32)31(42)44-27(20(2)3)29(40)34-21(4)30(41)38-15-7-8-25(36-38)28(33)39/h9-14,18,20-21,25,27,36H,6-8,15-17,19H2,1-5H3,(H2,33,39)(H,34,40)/b14-13+. The Kier molecular flexibility index (Phi) is 10.7. The zero-order chi connectivity index (χ0) is 32.0. The lowest BCUT2D eigenvalue weighted by Crippen LogP contribution is -2.61. The van der Waals surface area contributed by atoms with Gasteiger partial charge in [-0.15, -0.1) is 0 Å². The van der Waals surface area contributed by atoms with Crippen molar-refractivity contribution in [1.82, 2.24) is 25.6 Å². The first kappa shape index (κ1) is 33.0. The summed E-state index contributed by atoms with van der Waals surface area (Å²) in [5, 5.41) is 5.00. The maximum Gasteiger partial charge on any atom is 0.344 e. The van der Waals surface area contributed by atoms with E-state index >= 15 is 0 Å². The molecular weight excluding hydrogens is 564 g/mol. The molecule has 0 bridgehead atoms. The summed E-state index contributed by atoms with van der Waals surface area (Å²) in [6, 6.07) is 8.34. The van der Waals surface area contributed by atoms with E-state index in [1.54, 1.807) is 26.8 Å². The highest BCUT2D eigenvalue weighted by atomic mass is 16.6. The van der Waals surface area contributed by atoms with Crippen molar-refractivity contribution in [3.05, 3.63) is 47.7 Å². The molecule has 2 saturated heterocycles. The van der Waals surface area contributed by atoms with Gasteiger partial charge in [-0.1, -0.05) is 45.0 Å². The molecule has 0 spiro atoms. The molecule has 4 atom stereocenters. The quantitative estimate of drug-likeness (QED) is 0.341. The van der Waals surface area contributed by atoms with Gasteiger partial charge < -0.3 is 25.4 Å². The van der Waals surface area contributed by atoms with Crippen LogP contribution in [0.3, 0.4) is 0 Å². The predicted octanol–water partition coefficient (Wildman–Crippen LogP) is 1.56. The number of hydrogen-bond donors (Lipinski definition) is 3. The molecule has 2 aliphatic rings. The number of nitrogens with two attached hydrogens (primary N) is 1. The molecule has 44 heavy (non-hydrogen) atoms. The number of carbonyl (C=O) groups excluding carboxylic acids is 4. The average Bonchev–Trinajstić information content (AvgIpc) is 3.01. The molecule has 0 aliphatic carbocycles. The Hall–Kier alpha value is -3.87. The number of pyridine rings is 1. The van der Waals surface area contributed by atoms with E-state index in [0.717, 1.165) is 28.6 Å². The van der Waals surface area contributed by atoms with Gasteiger partial charge in [-0.25, -0.2) is 10.2 Å². The topological polar surface area (TPSA) is 156 Å². The van der Waals surface area contributed by atoms with Crippen molar-refractivity contribution < 1.29 is 28.7 Å². The molecule has 2 fully saturated rings. The number of benzene rings is 1. The third kappa shape index (κ3) is 7.79. The number of fused-ring (bicyclic) bond motifs is 1. The van der Waals surface area contributed by atoms with E-state index in [9.17, 15) is 19.2 Å². The van der Waals surface area contributed by atoms with Gasteiger partial charge in [0.2, 0.25) is 5.91 Å². The van der Waals surface area contributed by atoms with Crippen molar-refractivity contribution >= 4 is 40.7 Å². The summed E-state index contributed by atoms with van der Waals surface area (Å²) in [5.41, 5.74) is 9.47. The Morgan fingerprint density at radius 3 is 2.64 bits per heavy atom. The molecule has 3 heterocycles. The lowest BCUT2D eigenvalue weighted by Gasteiger charge is -2.38. The van der Waals surface area contributed by atoms with Gasteiger partial charge in [0, 0.05) is 30.7 Å². The van der Waals surface area contributed by atoms with Gasteiger partial charge in [-0.3, -0.25) is 24.4 Å². The lowest BCUT2D eigenvalue weighted by molar-refractivity contribution is -0.184. The molecule has 0 saturated carbocycles. The number of primary amides is 1. The summed E-state index contributed by atoms with van der Waals surface area (Å²) in [5.74, 6) is -2.66. The van der Waals surface area contributed by atoms with E-state index < -0.39 is 53.4 Å². The van der Waals surface area contributed by atoms with Crippen LogP contribution in [0.15, 0.2) is 36.4 Å². The van der Waals surface area contributed by atoms with E-state index in [1.165, 1.54) is 5.01 Å². The molecular formula is C32H44N6O6. The number of nitrogens with one attached hydrogen (secondary N) is 2. The summed E-state index contributed by atoms with van der Waals surface area (Å²) < 4.78 is 11.9. The Morgan fingerprint density at radius 1 is 1.20 bits per heavy atom. The fraction of sp³-hybridized carbons (Fsp3) is 0.531. The molecule has 4 N–H and O–H groups in total. The fourth-order valence-electron chi connectivity index (χ4n) is 5.36. The largest absolute Gasteiger partial charge is 0.450 e. The van der Waals surface area contributed by atoms with Crippen LogP contribution in [0.25, 0.3) is 17.0 Å². The van der Waals surface area contributed by atoms with Crippen molar-refractivity contribution in [3.8, 4) is 0 Å². The summed E-state index contributed by atoms with van der Waals surface area (Å²) >= 11 is 0. The first-order valence-electron chi connectivity index (χ1n) is 15.2. The molecule has 2 aromatic rings. The Bertz CT molecular complexity index is 1410. The number of likely N-dealkylation sites (N-methyl/N-ethyl adjacent to an activating group) is 1. The molecule has 2 aliphatic heterocycles. The minimum Gasteiger partial charge on any atom is -0.450 e. The van der Waals surface area contributed by atoms with Crippen LogP contribution < -0.4 is 16.5 Å². The van der Waals surface area contributed by atoms with Crippen molar-refractivity contribution in [2.75, 3.05) is 33.3 Å². The second-order valence-corrected chi connectivity index (χ2v) is 11.9. The molecule has 12 heteroatoms.